The molecule has 0 atom stereocenters. The van der Waals surface area contributed by atoms with E-state index in [1.54, 1.807) is 13.8 Å². The molecule has 0 spiro atoms. The lowest BCUT2D eigenvalue weighted by Crippen LogP contribution is -2.11. The fourth-order valence-corrected chi connectivity index (χ4v) is 2.89. The Morgan fingerprint density at radius 1 is 0.741 bits per heavy atom. The van der Waals surface area contributed by atoms with Crippen molar-refractivity contribution >= 4 is 33.5 Å². The maximum atomic E-state index is 12.2. The van der Waals surface area contributed by atoms with E-state index in [0.717, 1.165) is 10.9 Å². The minimum absolute atomic E-state index is 0.303. The predicted molar refractivity (Wildman–Crippen MR) is 107 cm³/mol. The molecule has 0 heterocycles. The first-order valence-corrected chi connectivity index (χ1v) is 8.50. The molecule has 3 aromatic carbocycles. The average molecular weight is 360 g/mol. The normalized spacial score (nSPS) is 10.6. The lowest BCUT2D eigenvalue weighted by Gasteiger charge is -2.17. The molecule has 0 aromatic heterocycles. The highest BCUT2D eigenvalue weighted by atomic mass is 16.5. The van der Waals surface area contributed by atoms with Crippen LogP contribution in [0.2, 0.25) is 0 Å². The summed E-state index contributed by atoms with van der Waals surface area (Å²) in [5.41, 5.74) is 1.51. The highest BCUT2D eigenvalue weighted by Crippen LogP contribution is 2.44. The van der Waals surface area contributed by atoms with Gasteiger partial charge < -0.3 is 9.47 Å². The van der Waals surface area contributed by atoms with Crippen LogP contribution in [0.15, 0.2) is 66.8 Å². The van der Waals surface area contributed by atoms with E-state index < -0.39 is 11.9 Å². The van der Waals surface area contributed by atoms with E-state index in [9.17, 15) is 9.59 Å². The molecule has 0 unspecified atom stereocenters. The molecular weight excluding hydrogens is 340 g/mol. The van der Waals surface area contributed by atoms with Crippen LogP contribution < -0.4 is 9.47 Å². The van der Waals surface area contributed by atoms with Crippen LogP contribution in [0, 0.1) is 6.92 Å². The van der Waals surface area contributed by atoms with Gasteiger partial charge in [0.25, 0.3) is 0 Å². The standard InChI is InChI=1S/C23H20O4/c1-13(2)22(24)26-20-16-10-6-7-11-17(16)21(27-23(25)14(3)4)19-15(5)9-8-12-18(19)20/h6-12H,1,3H2,2,4-5H3. The molecule has 136 valence electrons. The maximum absolute atomic E-state index is 12.2. The van der Waals surface area contributed by atoms with Crippen molar-refractivity contribution in [1.29, 1.82) is 0 Å². The molecule has 0 fully saturated rings. The second kappa shape index (κ2) is 7.08. The Kier molecular flexibility index (Phi) is 4.82. The van der Waals surface area contributed by atoms with Crippen molar-refractivity contribution in [1.82, 2.24) is 0 Å². The van der Waals surface area contributed by atoms with Gasteiger partial charge in [-0.25, -0.2) is 9.59 Å². The summed E-state index contributed by atoms with van der Waals surface area (Å²) < 4.78 is 11.4. The van der Waals surface area contributed by atoms with E-state index in [2.05, 4.69) is 13.2 Å². The molecule has 27 heavy (non-hydrogen) atoms. The average Bonchev–Trinajstić information content (AvgIpc) is 2.63. The summed E-state index contributed by atoms with van der Waals surface area (Å²) >= 11 is 0. The first-order valence-electron chi connectivity index (χ1n) is 8.50. The summed E-state index contributed by atoms with van der Waals surface area (Å²) in [5.74, 6) is -0.153. The number of hydrogen-bond donors (Lipinski definition) is 0. The summed E-state index contributed by atoms with van der Waals surface area (Å²) in [6, 6.07) is 13.0. The molecule has 0 aliphatic rings. The molecule has 0 aliphatic heterocycles. The van der Waals surface area contributed by atoms with Crippen LogP contribution in [0.4, 0.5) is 0 Å². The van der Waals surface area contributed by atoms with Crippen molar-refractivity contribution in [3.05, 3.63) is 72.3 Å². The van der Waals surface area contributed by atoms with Gasteiger partial charge >= 0.3 is 11.9 Å². The number of carbonyl (C=O) groups is 2. The van der Waals surface area contributed by atoms with Crippen LogP contribution >= 0.6 is 0 Å². The molecule has 0 saturated carbocycles. The second-order valence-electron chi connectivity index (χ2n) is 6.54. The monoisotopic (exact) mass is 360 g/mol. The van der Waals surface area contributed by atoms with Gasteiger partial charge in [0.2, 0.25) is 0 Å². The van der Waals surface area contributed by atoms with Gasteiger partial charge in [-0.2, -0.15) is 0 Å². The molecular formula is C23H20O4. The van der Waals surface area contributed by atoms with Gasteiger partial charge in [-0.1, -0.05) is 55.6 Å². The van der Waals surface area contributed by atoms with Crippen LogP contribution in [-0.2, 0) is 9.59 Å². The van der Waals surface area contributed by atoms with E-state index in [1.807, 2.05) is 49.4 Å². The van der Waals surface area contributed by atoms with Crippen molar-refractivity contribution < 1.29 is 19.1 Å². The highest BCUT2D eigenvalue weighted by Gasteiger charge is 2.21. The fraction of sp³-hybridized carbons (Fsp3) is 0.130. The van der Waals surface area contributed by atoms with Gasteiger partial charge in [0.1, 0.15) is 11.5 Å². The second-order valence-corrected chi connectivity index (χ2v) is 6.54. The third kappa shape index (κ3) is 3.34. The minimum atomic E-state index is -0.505. The molecule has 0 bridgehead atoms. The van der Waals surface area contributed by atoms with E-state index in [0.29, 0.717) is 38.8 Å². The summed E-state index contributed by atoms with van der Waals surface area (Å²) in [5, 5.41) is 2.76. The number of benzene rings is 3. The number of fused-ring (bicyclic) bond motifs is 2. The molecule has 3 aromatic rings. The Hall–Kier alpha value is -3.40. The van der Waals surface area contributed by atoms with Gasteiger partial charge in [0.05, 0.1) is 0 Å². The maximum Gasteiger partial charge on any atom is 0.338 e. The molecule has 4 heteroatoms. The first kappa shape index (κ1) is 18.4. The largest absolute Gasteiger partial charge is 0.422 e. The summed E-state index contributed by atoms with van der Waals surface area (Å²) in [4.78, 5) is 24.5. The SMILES string of the molecule is C=C(C)C(=O)Oc1c2ccccc2c(OC(=O)C(=C)C)c2c(C)cccc12. The zero-order chi connectivity index (χ0) is 19.7. The van der Waals surface area contributed by atoms with E-state index in [1.165, 1.54) is 0 Å². The summed E-state index contributed by atoms with van der Waals surface area (Å²) in [7, 11) is 0. The predicted octanol–water partition coefficient (Wildman–Crippen LogP) is 5.26. The van der Waals surface area contributed by atoms with Gasteiger partial charge in [-0.3, -0.25) is 0 Å². The number of rotatable bonds is 4. The van der Waals surface area contributed by atoms with Crippen LogP contribution in [0.3, 0.4) is 0 Å². The van der Waals surface area contributed by atoms with Gasteiger partial charge in [0.15, 0.2) is 0 Å². The van der Waals surface area contributed by atoms with E-state index in [-0.39, 0.29) is 0 Å². The van der Waals surface area contributed by atoms with E-state index >= 15 is 0 Å². The van der Waals surface area contributed by atoms with Crippen molar-refractivity contribution in [3.8, 4) is 11.5 Å². The van der Waals surface area contributed by atoms with Crippen LogP contribution in [0.25, 0.3) is 21.5 Å². The topological polar surface area (TPSA) is 52.6 Å². The van der Waals surface area contributed by atoms with Crippen LogP contribution in [0.5, 0.6) is 11.5 Å². The number of ether oxygens (including phenoxy) is 2. The first-order chi connectivity index (χ1) is 12.8. The fourth-order valence-electron chi connectivity index (χ4n) is 2.89. The number of aryl methyl sites for hydroxylation is 1. The molecule has 0 N–H and O–H groups in total. The Balaban J connectivity index is 2.41. The van der Waals surface area contributed by atoms with Crippen molar-refractivity contribution in [2.24, 2.45) is 0 Å². The van der Waals surface area contributed by atoms with Crippen molar-refractivity contribution in [3.63, 3.8) is 0 Å². The Morgan fingerprint density at radius 2 is 1.22 bits per heavy atom. The zero-order valence-electron chi connectivity index (χ0n) is 15.6. The lowest BCUT2D eigenvalue weighted by atomic mass is 9.97. The smallest absolute Gasteiger partial charge is 0.338 e. The lowest BCUT2D eigenvalue weighted by molar-refractivity contribution is -0.130. The Labute approximate surface area is 157 Å². The molecule has 0 aliphatic carbocycles. The zero-order valence-corrected chi connectivity index (χ0v) is 15.6. The number of hydrogen-bond acceptors (Lipinski definition) is 4. The molecule has 4 nitrogen and oxygen atoms in total. The van der Waals surface area contributed by atoms with E-state index in [4.69, 9.17) is 9.47 Å². The third-order valence-corrected chi connectivity index (χ3v) is 4.25. The third-order valence-electron chi connectivity index (χ3n) is 4.25. The number of esters is 2. The van der Waals surface area contributed by atoms with Crippen LogP contribution in [-0.4, -0.2) is 11.9 Å². The Morgan fingerprint density at radius 3 is 1.78 bits per heavy atom. The molecule has 0 amide bonds. The summed E-state index contributed by atoms with van der Waals surface area (Å²) in [6.45, 7) is 12.4. The Bertz CT molecular complexity index is 1120. The minimum Gasteiger partial charge on any atom is -0.422 e. The molecule has 0 saturated heterocycles. The van der Waals surface area contributed by atoms with Crippen molar-refractivity contribution in [2.45, 2.75) is 20.8 Å². The van der Waals surface area contributed by atoms with Crippen LogP contribution in [0.1, 0.15) is 19.4 Å². The molecule has 3 rings (SSSR count). The van der Waals surface area contributed by atoms with Gasteiger partial charge in [-0.05, 0) is 26.3 Å². The van der Waals surface area contributed by atoms with Gasteiger partial charge in [-0.15, -0.1) is 0 Å². The summed E-state index contributed by atoms with van der Waals surface area (Å²) in [6.07, 6.45) is 0. The highest BCUT2D eigenvalue weighted by molar-refractivity contribution is 6.14. The van der Waals surface area contributed by atoms with Crippen molar-refractivity contribution in [2.75, 3.05) is 0 Å². The quantitative estimate of drug-likeness (QED) is 0.275. The number of carbonyl (C=O) groups excluding carboxylic acids is 2. The molecule has 0 radical (unpaired) electrons. The van der Waals surface area contributed by atoms with Gasteiger partial charge in [0, 0.05) is 32.7 Å².